The summed E-state index contributed by atoms with van der Waals surface area (Å²) < 4.78 is 27.9. The topological polar surface area (TPSA) is 23.8 Å². The fourth-order valence-electron chi connectivity index (χ4n) is 5.42. The van der Waals surface area contributed by atoms with Crippen LogP contribution in [0.4, 0.5) is 8.78 Å². The van der Waals surface area contributed by atoms with Crippen molar-refractivity contribution < 1.29 is 8.78 Å². The molecule has 3 aliphatic carbocycles. The van der Waals surface area contributed by atoms with Crippen LogP contribution in [-0.4, -0.2) is 0 Å². The van der Waals surface area contributed by atoms with Gasteiger partial charge < -0.3 is 0 Å². The van der Waals surface area contributed by atoms with Gasteiger partial charge in [-0.05, 0) is 92.5 Å². The number of nitrogens with zero attached hydrogens (tertiary/aromatic N) is 1. The smallest absolute Gasteiger partial charge is 0.142 e. The average molecular weight is 414 g/mol. The van der Waals surface area contributed by atoms with Crippen molar-refractivity contribution in [1.29, 1.82) is 5.26 Å². The van der Waals surface area contributed by atoms with E-state index in [1.165, 1.54) is 69.9 Å². The van der Waals surface area contributed by atoms with Crippen LogP contribution in [0.3, 0.4) is 0 Å². The normalized spacial score (nSPS) is 29.6. The average Bonchev–Trinajstić information content (AvgIpc) is 3.54. The Morgan fingerprint density at radius 1 is 0.828 bits per heavy atom. The van der Waals surface area contributed by atoms with Gasteiger partial charge in [-0.2, -0.15) is 5.26 Å². The summed E-state index contributed by atoms with van der Waals surface area (Å²) in [5.41, 5.74) is 0.360. The summed E-state index contributed by atoms with van der Waals surface area (Å²) in [5.74, 6) is 8.96. The van der Waals surface area contributed by atoms with Crippen LogP contribution in [0.5, 0.6) is 0 Å². The van der Waals surface area contributed by atoms with Gasteiger partial charge in [0.15, 0.2) is 0 Å². The summed E-state index contributed by atoms with van der Waals surface area (Å²) in [6, 6.07) is 2.48. The number of rotatable bonds is 4. The predicted molar refractivity (Wildman–Crippen MR) is 113 cm³/mol. The van der Waals surface area contributed by atoms with Crippen molar-refractivity contribution in [3.8, 4) is 17.2 Å². The minimum Gasteiger partial charge on any atom is -0.206 e. The molecule has 0 bridgehead atoms. The number of thiocyanates is 1. The Balaban J connectivity index is 1.26. The molecule has 1 aromatic carbocycles. The molecule has 3 fully saturated rings. The van der Waals surface area contributed by atoms with E-state index >= 15 is 0 Å². The maximum Gasteiger partial charge on any atom is 0.142 e. The van der Waals surface area contributed by atoms with Crippen molar-refractivity contribution in [3.63, 3.8) is 0 Å². The van der Waals surface area contributed by atoms with Crippen LogP contribution in [-0.2, 0) is 0 Å². The Morgan fingerprint density at radius 3 is 1.86 bits per heavy atom. The van der Waals surface area contributed by atoms with Gasteiger partial charge in [-0.1, -0.05) is 37.5 Å². The van der Waals surface area contributed by atoms with Crippen molar-refractivity contribution in [2.45, 2.75) is 75.5 Å². The first kappa shape index (κ1) is 20.7. The first-order valence-electron chi connectivity index (χ1n) is 11.2. The third kappa shape index (κ3) is 5.55. The molecule has 3 saturated carbocycles. The van der Waals surface area contributed by atoms with Crippen LogP contribution in [0.25, 0.3) is 0 Å². The fraction of sp³-hybridized carbons (Fsp3) is 0.640. The van der Waals surface area contributed by atoms with E-state index in [9.17, 15) is 8.78 Å². The molecule has 4 rings (SSSR count). The van der Waals surface area contributed by atoms with Gasteiger partial charge in [-0.25, -0.2) is 8.78 Å². The quantitative estimate of drug-likeness (QED) is 0.294. The number of benzene rings is 1. The maximum atomic E-state index is 13.9. The number of thioether (sulfide) groups is 1. The second-order valence-electron chi connectivity index (χ2n) is 9.30. The molecule has 154 valence electrons. The van der Waals surface area contributed by atoms with E-state index in [0.29, 0.717) is 23.2 Å². The zero-order valence-electron chi connectivity index (χ0n) is 16.9. The molecular weight excluding hydrogens is 384 g/mol. The van der Waals surface area contributed by atoms with Gasteiger partial charge >= 0.3 is 0 Å². The van der Waals surface area contributed by atoms with Crippen molar-refractivity contribution in [2.24, 2.45) is 29.6 Å². The number of hydrogen-bond donors (Lipinski definition) is 0. The van der Waals surface area contributed by atoms with E-state index in [2.05, 4.69) is 11.8 Å². The lowest BCUT2D eigenvalue weighted by Crippen LogP contribution is -2.25. The van der Waals surface area contributed by atoms with Crippen molar-refractivity contribution in [1.82, 2.24) is 0 Å². The van der Waals surface area contributed by atoms with E-state index in [1.807, 2.05) is 0 Å². The van der Waals surface area contributed by atoms with Crippen LogP contribution in [0, 0.1) is 63.7 Å². The van der Waals surface area contributed by atoms with Crippen LogP contribution in [0.15, 0.2) is 17.0 Å². The Bertz CT molecular complexity index is 790. The van der Waals surface area contributed by atoms with Gasteiger partial charge in [0.1, 0.15) is 17.0 Å². The first-order valence-corrected chi connectivity index (χ1v) is 12.0. The van der Waals surface area contributed by atoms with Gasteiger partial charge in [0, 0.05) is 11.5 Å². The lowest BCUT2D eigenvalue weighted by Gasteiger charge is -2.37. The molecule has 1 nitrogen and oxygen atoms in total. The molecule has 0 spiro atoms. The standard InChI is InChI=1S/C25H29F2NS/c26-23-14-20(15-24(27)25(23)29-16-28)4-1-17-5-9-21(10-6-17)22-11-7-19(8-12-22)13-18-2-3-18/h14-15,17-19,21-22H,2-3,5-13H2. The third-order valence-corrected chi connectivity index (χ3v) is 7.95. The maximum absolute atomic E-state index is 13.9. The summed E-state index contributed by atoms with van der Waals surface area (Å²) in [6.45, 7) is 0. The van der Waals surface area contributed by atoms with E-state index in [4.69, 9.17) is 5.26 Å². The largest absolute Gasteiger partial charge is 0.206 e. The summed E-state index contributed by atoms with van der Waals surface area (Å²) in [5, 5.41) is 10.3. The number of nitriles is 1. The highest BCUT2D eigenvalue weighted by Gasteiger charge is 2.32. The molecule has 0 saturated heterocycles. The highest BCUT2D eigenvalue weighted by atomic mass is 32.2. The molecule has 0 atom stereocenters. The fourth-order valence-corrected chi connectivity index (χ4v) is 5.82. The summed E-state index contributed by atoms with van der Waals surface area (Å²) >= 11 is 0.510. The highest BCUT2D eigenvalue weighted by Crippen LogP contribution is 2.45. The van der Waals surface area contributed by atoms with Crippen LogP contribution in [0.1, 0.15) is 76.2 Å². The van der Waals surface area contributed by atoms with E-state index in [1.54, 1.807) is 5.40 Å². The molecular formula is C25H29F2NS. The molecule has 0 amide bonds. The zero-order valence-corrected chi connectivity index (χ0v) is 17.7. The van der Waals surface area contributed by atoms with Gasteiger partial charge in [-0.3, -0.25) is 0 Å². The lowest BCUT2D eigenvalue weighted by molar-refractivity contribution is 0.152. The van der Waals surface area contributed by atoms with E-state index in [-0.39, 0.29) is 4.90 Å². The molecule has 1 aromatic rings. The Morgan fingerprint density at radius 2 is 1.34 bits per heavy atom. The summed E-state index contributed by atoms with van der Waals surface area (Å²) in [4.78, 5) is -0.245. The Kier molecular flexibility index (Phi) is 6.81. The molecule has 0 N–H and O–H groups in total. The summed E-state index contributed by atoms with van der Waals surface area (Å²) in [7, 11) is 0. The van der Waals surface area contributed by atoms with Crippen LogP contribution in [0.2, 0.25) is 0 Å². The van der Waals surface area contributed by atoms with Crippen molar-refractivity contribution in [3.05, 3.63) is 29.3 Å². The zero-order chi connectivity index (χ0) is 20.2. The van der Waals surface area contributed by atoms with Gasteiger partial charge in [-0.15, -0.1) is 0 Å². The van der Waals surface area contributed by atoms with E-state index < -0.39 is 11.6 Å². The third-order valence-electron chi connectivity index (χ3n) is 7.26. The predicted octanol–water partition coefficient (Wildman–Crippen LogP) is 7.30. The van der Waals surface area contributed by atoms with Gasteiger partial charge in [0.2, 0.25) is 0 Å². The monoisotopic (exact) mass is 413 g/mol. The number of hydrogen-bond acceptors (Lipinski definition) is 2. The molecule has 29 heavy (non-hydrogen) atoms. The molecule has 4 heteroatoms. The lowest BCUT2D eigenvalue weighted by atomic mass is 9.68. The summed E-state index contributed by atoms with van der Waals surface area (Å²) in [6.07, 6.45) is 14.9. The SMILES string of the molecule is N#CSc1c(F)cc(C#CC2CCC(C3CCC(CC4CC4)CC3)CC2)cc1F. The Hall–Kier alpha value is -1.52. The first-order chi connectivity index (χ1) is 14.1. The second kappa shape index (κ2) is 9.53. The number of halogens is 2. The molecule has 0 radical (unpaired) electrons. The highest BCUT2D eigenvalue weighted by molar-refractivity contribution is 8.03. The molecule has 0 heterocycles. The van der Waals surface area contributed by atoms with E-state index in [0.717, 1.165) is 36.5 Å². The van der Waals surface area contributed by atoms with Crippen LogP contribution < -0.4 is 0 Å². The minimum absolute atomic E-state index is 0.245. The van der Waals surface area contributed by atoms with Crippen molar-refractivity contribution in [2.75, 3.05) is 0 Å². The second-order valence-corrected chi connectivity index (χ2v) is 10.1. The van der Waals surface area contributed by atoms with Gasteiger partial charge in [0.25, 0.3) is 0 Å². The van der Waals surface area contributed by atoms with Gasteiger partial charge in [0.05, 0.1) is 4.90 Å². The Labute approximate surface area is 177 Å². The van der Waals surface area contributed by atoms with Crippen molar-refractivity contribution >= 4 is 11.8 Å². The van der Waals surface area contributed by atoms with Crippen LogP contribution >= 0.6 is 11.8 Å². The molecule has 3 aliphatic rings. The minimum atomic E-state index is -0.707. The molecule has 0 aliphatic heterocycles. The molecule has 0 unspecified atom stereocenters. The molecule has 0 aromatic heterocycles.